The third-order valence-electron chi connectivity index (χ3n) is 4.37. The van der Waals surface area contributed by atoms with E-state index in [4.69, 9.17) is 9.47 Å². The van der Waals surface area contributed by atoms with E-state index in [0.717, 1.165) is 25.1 Å². The van der Waals surface area contributed by atoms with Gasteiger partial charge in [0.25, 0.3) is 0 Å². The first-order valence-electron chi connectivity index (χ1n) is 8.80. The molecular formula is C19H24N4O3. The lowest BCUT2D eigenvalue weighted by molar-refractivity contribution is 0.146. The SMILES string of the molecule is COCCOc1cccc(NC(=O)N2CCC[C@H](c3ccncn3)C2)c1. The van der Waals surface area contributed by atoms with E-state index in [2.05, 4.69) is 15.3 Å². The second kappa shape index (κ2) is 9.15. The van der Waals surface area contributed by atoms with Gasteiger partial charge in [-0.15, -0.1) is 0 Å². The number of ether oxygens (including phenoxy) is 2. The zero-order valence-corrected chi connectivity index (χ0v) is 14.9. The number of anilines is 1. The molecule has 1 aliphatic rings. The lowest BCUT2D eigenvalue weighted by Gasteiger charge is -2.32. The first-order chi connectivity index (χ1) is 12.8. The molecule has 2 heterocycles. The Morgan fingerprint density at radius 3 is 3.08 bits per heavy atom. The number of carbonyl (C=O) groups excluding carboxylic acids is 1. The number of carbonyl (C=O) groups is 1. The number of amides is 2. The van der Waals surface area contributed by atoms with Crippen LogP contribution in [0, 0.1) is 0 Å². The van der Waals surface area contributed by atoms with Crippen molar-refractivity contribution in [3.63, 3.8) is 0 Å². The minimum atomic E-state index is -0.0993. The van der Waals surface area contributed by atoms with Gasteiger partial charge < -0.3 is 19.7 Å². The summed E-state index contributed by atoms with van der Waals surface area (Å²) in [6.45, 7) is 2.40. The first-order valence-corrected chi connectivity index (χ1v) is 8.80. The zero-order chi connectivity index (χ0) is 18.2. The summed E-state index contributed by atoms with van der Waals surface area (Å²) in [7, 11) is 1.63. The average molecular weight is 356 g/mol. The summed E-state index contributed by atoms with van der Waals surface area (Å²) in [6, 6.07) is 9.21. The molecule has 1 aliphatic heterocycles. The molecular weight excluding hydrogens is 332 g/mol. The van der Waals surface area contributed by atoms with Crippen molar-refractivity contribution in [2.24, 2.45) is 0 Å². The van der Waals surface area contributed by atoms with Gasteiger partial charge in [0.2, 0.25) is 0 Å². The molecule has 0 saturated carbocycles. The highest BCUT2D eigenvalue weighted by Crippen LogP contribution is 2.26. The van der Waals surface area contributed by atoms with Gasteiger partial charge in [-0.1, -0.05) is 6.07 Å². The Bertz CT molecular complexity index is 711. The molecule has 0 radical (unpaired) electrons. The monoisotopic (exact) mass is 356 g/mol. The van der Waals surface area contributed by atoms with Crippen molar-refractivity contribution in [2.75, 3.05) is 38.7 Å². The average Bonchev–Trinajstić information content (AvgIpc) is 2.69. The fraction of sp³-hybridized carbons (Fsp3) is 0.421. The lowest BCUT2D eigenvalue weighted by Crippen LogP contribution is -2.41. The molecule has 1 aromatic heterocycles. The largest absolute Gasteiger partial charge is 0.491 e. The molecule has 2 amide bonds. The maximum absolute atomic E-state index is 12.6. The van der Waals surface area contributed by atoms with Gasteiger partial charge in [-0.05, 0) is 31.0 Å². The van der Waals surface area contributed by atoms with Crippen molar-refractivity contribution in [3.8, 4) is 5.75 Å². The van der Waals surface area contributed by atoms with E-state index in [9.17, 15) is 4.79 Å². The van der Waals surface area contributed by atoms with E-state index in [-0.39, 0.29) is 11.9 Å². The molecule has 2 aromatic rings. The predicted octanol–water partition coefficient (Wildman–Crippen LogP) is 2.91. The first kappa shape index (κ1) is 18.1. The number of likely N-dealkylation sites (tertiary alicyclic amines) is 1. The number of hydrogen-bond donors (Lipinski definition) is 1. The summed E-state index contributed by atoms with van der Waals surface area (Å²) in [5.41, 5.74) is 1.71. The molecule has 1 fully saturated rings. The van der Waals surface area contributed by atoms with Crippen LogP contribution >= 0.6 is 0 Å². The Morgan fingerprint density at radius 2 is 2.27 bits per heavy atom. The third kappa shape index (κ3) is 4.92. The van der Waals surface area contributed by atoms with Gasteiger partial charge in [0.1, 0.15) is 18.7 Å². The molecule has 7 nitrogen and oxygen atoms in total. The van der Waals surface area contributed by atoms with Crippen LogP contribution in [0.2, 0.25) is 0 Å². The Morgan fingerprint density at radius 1 is 1.35 bits per heavy atom. The lowest BCUT2D eigenvalue weighted by atomic mass is 9.95. The summed E-state index contributed by atoms with van der Waals surface area (Å²) >= 11 is 0. The number of aromatic nitrogens is 2. The summed E-state index contributed by atoms with van der Waals surface area (Å²) < 4.78 is 10.6. The topological polar surface area (TPSA) is 76.6 Å². The molecule has 1 N–H and O–H groups in total. The Hall–Kier alpha value is -2.67. The van der Waals surface area contributed by atoms with E-state index in [1.165, 1.54) is 0 Å². The van der Waals surface area contributed by atoms with Crippen LogP contribution in [-0.4, -0.2) is 54.3 Å². The molecule has 26 heavy (non-hydrogen) atoms. The van der Waals surface area contributed by atoms with Crippen LogP contribution in [0.3, 0.4) is 0 Å². The van der Waals surface area contributed by atoms with Gasteiger partial charge in [0.05, 0.1) is 6.61 Å². The summed E-state index contributed by atoms with van der Waals surface area (Å²) in [4.78, 5) is 22.8. The molecule has 1 atom stereocenters. The van der Waals surface area contributed by atoms with Gasteiger partial charge in [-0.3, -0.25) is 0 Å². The fourth-order valence-electron chi connectivity index (χ4n) is 3.05. The van der Waals surface area contributed by atoms with Crippen molar-refractivity contribution in [1.29, 1.82) is 0 Å². The van der Waals surface area contributed by atoms with Crippen LogP contribution in [0.25, 0.3) is 0 Å². The van der Waals surface area contributed by atoms with E-state index >= 15 is 0 Å². The number of nitrogens with one attached hydrogen (secondary N) is 1. The molecule has 0 spiro atoms. The molecule has 1 aromatic carbocycles. The van der Waals surface area contributed by atoms with Crippen LogP contribution in [0.1, 0.15) is 24.5 Å². The highest BCUT2D eigenvalue weighted by molar-refractivity contribution is 5.89. The molecule has 0 bridgehead atoms. The quantitative estimate of drug-likeness (QED) is 0.806. The van der Waals surface area contributed by atoms with Gasteiger partial charge in [-0.25, -0.2) is 14.8 Å². The molecule has 0 unspecified atom stereocenters. The van der Waals surface area contributed by atoms with E-state index < -0.39 is 0 Å². The van der Waals surface area contributed by atoms with Gasteiger partial charge >= 0.3 is 6.03 Å². The van der Waals surface area contributed by atoms with Crippen molar-refractivity contribution < 1.29 is 14.3 Å². The number of benzene rings is 1. The Labute approximate surface area is 153 Å². The van der Waals surface area contributed by atoms with Gasteiger partial charge in [0.15, 0.2) is 0 Å². The van der Waals surface area contributed by atoms with Crippen LogP contribution in [0.4, 0.5) is 10.5 Å². The van der Waals surface area contributed by atoms with Crippen molar-refractivity contribution in [1.82, 2.24) is 14.9 Å². The summed E-state index contributed by atoms with van der Waals surface area (Å²) in [6.07, 6.45) is 5.30. The van der Waals surface area contributed by atoms with Crippen molar-refractivity contribution >= 4 is 11.7 Å². The second-order valence-electron chi connectivity index (χ2n) is 6.22. The normalized spacial score (nSPS) is 17.0. The second-order valence-corrected chi connectivity index (χ2v) is 6.22. The highest BCUT2D eigenvalue weighted by atomic mass is 16.5. The minimum Gasteiger partial charge on any atom is -0.491 e. The molecule has 7 heteroatoms. The number of urea groups is 1. The zero-order valence-electron chi connectivity index (χ0n) is 14.9. The predicted molar refractivity (Wildman–Crippen MR) is 98.4 cm³/mol. The van der Waals surface area contributed by atoms with Gasteiger partial charge in [-0.2, -0.15) is 0 Å². The number of methoxy groups -OCH3 is 1. The molecule has 0 aliphatic carbocycles. The van der Waals surface area contributed by atoms with Gasteiger partial charge in [0, 0.05) is 49.8 Å². The van der Waals surface area contributed by atoms with Crippen LogP contribution in [0.15, 0.2) is 42.9 Å². The third-order valence-corrected chi connectivity index (χ3v) is 4.37. The molecule has 3 rings (SSSR count). The van der Waals surface area contributed by atoms with Crippen molar-refractivity contribution in [3.05, 3.63) is 48.5 Å². The standard InChI is InChI=1S/C19H24N4O3/c1-25-10-11-26-17-6-2-5-16(12-17)22-19(24)23-9-3-4-15(13-23)18-7-8-20-14-21-18/h2,5-8,12,14-15H,3-4,9-11,13H2,1H3,(H,22,24)/t15-/m0/s1. The van der Waals surface area contributed by atoms with Crippen LogP contribution < -0.4 is 10.1 Å². The Kier molecular flexibility index (Phi) is 6.38. The maximum atomic E-state index is 12.6. The number of rotatable bonds is 6. The number of hydrogen-bond acceptors (Lipinski definition) is 5. The fourth-order valence-corrected chi connectivity index (χ4v) is 3.05. The highest BCUT2D eigenvalue weighted by Gasteiger charge is 2.25. The minimum absolute atomic E-state index is 0.0993. The van der Waals surface area contributed by atoms with E-state index in [1.807, 2.05) is 35.2 Å². The summed E-state index contributed by atoms with van der Waals surface area (Å²) in [5.74, 6) is 0.957. The maximum Gasteiger partial charge on any atom is 0.321 e. The molecule has 1 saturated heterocycles. The van der Waals surface area contributed by atoms with Crippen LogP contribution in [0.5, 0.6) is 5.75 Å². The molecule has 138 valence electrons. The van der Waals surface area contributed by atoms with E-state index in [0.29, 0.717) is 31.2 Å². The Balaban J connectivity index is 1.58. The number of nitrogens with zero attached hydrogens (tertiary/aromatic N) is 3. The van der Waals surface area contributed by atoms with Crippen LogP contribution in [-0.2, 0) is 4.74 Å². The van der Waals surface area contributed by atoms with E-state index in [1.54, 1.807) is 19.6 Å². The smallest absolute Gasteiger partial charge is 0.321 e. The van der Waals surface area contributed by atoms with Crippen molar-refractivity contribution in [2.45, 2.75) is 18.8 Å². The summed E-state index contributed by atoms with van der Waals surface area (Å²) in [5, 5.41) is 2.96. The number of piperidine rings is 1.